The summed E-state index contributed by atoms with van der Waals surface area (Å²) in [5.74, 6) is -1.82. The molecule has 6 nitrogen and oxygen atoms in total. The summed E-state index contributed by atoms with van der Waals surface area (Å²) < 4.78 is 40.5. The second-order valence-corrected chi connectivity index (χ2v) is 5.91. The molecule has 0 aromatic carbocycles. The van der Waals surface area contributed by atoms with Gasteiger partial charge in [0.05, 0.1) is 28.9 Å². The second kappa shape index (κ2) is 5.79. The van der Waals surface area contributed by atoms with Crippen LogP contribution >= 0.6 is 11.6 Å². The van der Waals surface area contributed by atoms with Gasteiger partial charge < -0.3 is 5.11 Å². The molecular formula is C13H16ClF3N4O2. The number of aryl methyl sites for hydroxylation is 1. The third-order valence-corrected chi connectivity index (χ3v) is 4.29. The number of nitrogens with zero attached hydrogens (tertiary/aromatic N) is 4. The van der Waals surface area contributed by atoms with Crippen LogP contribution in [0.2, 0.25) is 5.02 Å². The molecule has 2 rings (SSSR count). The molecule has 1 aromatic rings. The minimum atomic E-state index is -5.00. The van der Waals surface area contributed by atoms with Crippen LogP contribution in [-0.4, -0.2) is 43.9 Å². The highest BCUT2D eigenvalue weighted by Crippen LogP contribution is 2.39. The molecule has 1 amide bonds. The Morgan fingerprint density at radius 1 is 1.52 bits per heavy atom. The third-order valence-electron chi connectivity index (χ3n) is 3.75. The SMILES string of the molecule is Cc1nn(C[C@@H](C)C(=O)N2N=CC[C@]2(O)C(F)(F)F)c(C)c1Cl. The molecule has 0 aliphatic carbocycles. The minimum absolute atomic E-state index is 0.0260. The van der Waals surface area contributed by atoms with Gasteiger partial charge in [0.1, 0.15) is 0 Å². The Morgan fingerprint density at radius 3 is 2.61 bits per heavy atom. The zero-order valence-corrected chi connectivity index (χ0v) is 13.5. The van der Waals surface area contributed by atoms with Crippen LogP contribution in [0.5, 0.6) is 0 Å². The van der Waals surface area contributed by atoms with Crippen LogP contribution in [0.15, 0.2) is 5.10 Å². The maximum absolute atomic E-state index is 13.0. The first-order valence-corrected chi connectivity index (χ1v) is 7.22. The highest BCUT2D eigenvalue weighted by molar-refractivity contribution is 6.31. The molecule has 0 bridgehead atoms. The van der Waals surface area contributed by atoms with Crippen LogP contribution in [-0.2, 0) is 11.3 Å². The number of aromatic nitrogens is 2. The van der Waals surface area contributed by atoms with Gasteiger partial charge in [-0.05, 0) is 13.8 Å². The summed E-state index contributed by atoms with van der Waals surface area (Å²) in [7, 11) is 0. The van der Waals surface area contributed by atoms with E-state index < -0.39 is 30.1 Å². The van der Waals surface area contributed by atoms with Crippen LogP contribution in [0.3, 0.4) is 0 Å². The van der Waals surface area contributed by atoms with Gasteiger partial charge in [-0.1, -0.05) is 18.5 Å². The van der Waals surface area contributed by atoms with Gasteiger partial charge in [-0.15, -0.1) is 0 Å². The number of aliphatic hydroxyl groups is 1. The molecule has 0 fully saturated rings. The van der Waals surface area contributed by atoms with E-state index in [1.165, 1.54) is 11.6 Å². The number of alkyl halides is 3. The van der Waals surface area contributed by atoms with Crippen molar-refractivity contribution in [1.29, 1.82) is 0 Å². The van der Waals surface area contributed by atoms with E-state index in [0.717, 1.165) is 6.21 Å². The van der Waals surface area contributed by atoms with Gasteiger partial charge in [0, 0.05) is 12.6 Å². The molecular weight excluding hydrogens is 337 g/mol. The van der Waals surface area contributed by atoms with E-state index in [-0.39, 0.29) is 11.6 Å². The summed E-state index contributed by atoms with van der Waals surface area (Å²) in [5, 5.41) is 17.9. The number of rotatable bonds is 3. The fourth-order valence-corrected chi connectivity index (χ4v) is 2.44. The molecule has 2 atom stereocenters. The monoisotopic (exact) mass is 352 g/mol. The van der Waals surface area contributed by atoms with Crippen molar-refractivity contribution in [2.24, 2.45) is 11.0 Å². The lowest BCUT2D eigenvalue weighted by molar-refractivity contribution is -0.303. The maximum Gasteiger partial charge on any atom is 0.438 e. The van der Waals surface area contributed by atoms with Crippen molar-refractivity contribution in [1.82, 2.24) is 14.8 Å². The van der Waals surface area contributed by atoms with E-state index in [1.807, 2.05) is 0 Å². The summed E-state index contributed by atoms with van der Waals surface area (Å²) in [6, 6.07) is 0. The van der Waals surface area contributed by atoms with Gasteiger partial charge in [0.15, 0.2) is 0 Å². The van der Waals surface area contributed by atoms with Gasteiger partial charge in [-0.3, -0.25) is 9.48 Å². The van der Waals surface area contributed by atoms with Gasteiger partial charge in [0.25, 0.3) is 5.72 Å². The number of hydrogen-bond donors (Lipinski definition) is 1. The van der Waals surface area contributed by atoms with E-state index in [9.17, 15) is 23.1 Å². The molecule has 0 saturated heterocycles. The van der Waals surface area contributed by atoms with Gasteiger partial charge in [-0.25, -0.2) is 0 Å². The molecule has 10 heteroatoms. The smallest absolute Gasteiger partial charge is 0.362 e. The molecule has 0 unspecified atom stereocenters. The van der Waals surface area contributed by atoms with Crippen molar-refractivity contribution in [2.75, 3.05) is 0 Å². The van der Waals surface area contributed by atoms with Gasteiger partial charge in [0.2, 0.25) is 5.91 Å². The number of hydrogen-bond acceptors (Lipinski definition) is 4. The Hall–Kier alpha value is -1.61. The molecule has 2 heterocycles. The zero-order chi connectivity index (χ0) is 17.6. The van der Waals surface area contributed by atoms with E-state index in [2.05, 4.69) is 10.2 Å². The molecule has 1 aliphatic heterocycles. The van der Waals surface area contributed by atoms with Crippen LogP contribution < -0.4 is 0 Å². The first kappa shape index (κ1) is 17.7. The molecule has 128 valence electrons. The normalized spacial score (nSPS) is 22.7. The van der Waals surface area contributed by atoms with Crippen molar-refractivity contribution in [3.05, 3.63) is 16.4 Å². The molecule has 0 spiro atoms. The number of carbonyl (C=O) groups is 1. The summed E-state index contributed by atoms with van der Waals surface area (Å²) in [5.41, 5.74) is -2.12. The van der Waals surface area contributed by atoms with Crippen LogP contribution in [0.25, 0.3) is 0 Å². The highest BCUT2D eigenvalue weighted by Gasteiger charge is 2.61. The Bertz CT molecular complexity index is 658. The highest BCUT2D eigenvalue weighted by atomic mass is 35.5. The Balaban J connectivity index is 2.19. The zero-order valence-electron chi connectivity index (χ0n) is 12.7. The van der Waals surface area contributed by atoms with E-state index in [4.69, 9.17) is 11.6 Å². The molecule has 1 N–H and O–H groups in total. The quantitative estimate of drug-likeness (QED) is 0.907. The lowest BCUT2D eigenvalue weighted by Gasteiger charge is -2.33. The fraction of sp³-hybridized carbons (Fsp3) is 0.615. The van der Waals surface area contributed by atoms with Crippen LogP contribution in [0, 0.1) is 19.8 Å². The standard InChI is InChI=1S/C13H16ClF3N4O2/c1-7(6-20-9(3)10(14)8(2)19-20)11(22)21-12(23,4-5-18-21)13(15,16)17/h5,7,23H,4,6H2,1-3H3/t7-,12+/m1/s1. The fourth-order valence-electron chi connectivity index (χ4n) is 2.31. The topological polar surface area (TPSA) is 70.7 Å². The second-order valence-electron chi connectivity index (χ2n) is 5.53. The van der Waals surface area contributed by atoms with Crippen LogP contribution in [0.1, 0.15) is 24.7 Å². The summed E-state index contributed by atoms with van der Waals surface area (Å²) in [4.78, 5) is 12.3. The average Bonchev–Trinajstić information content (AvgIpc) is 2.95. The van der Waals surface area contributed by atoms with Crippen molar-refractivity contribution in [3.8, 4) is 0 Å². The Kier molecular flexibility index (Phi) is 4.46. The Morgan fingerprint density at radius 2 is 2.13 bits per heavy atom. The Labute approximate surface area is 135 Å². The molecule has 1 aromatic heterocycles. The van der Waals surface area contributed by atoms with Gasteiger partial charge >= 0.3 is 6.18 Å². The molecule has 23 heavy (non-hydrogen) atoms. The van der Waals surface area contributed by atoms with Crippen molar-refractivity contribution in [2.45, 2.75) is 45.6 Å². The third kappa shape index (κ3) is 2.94. The predicted molar refractivity (Wildman–Crippen MR) is 76.8 cm³/mol. The number of carbonyl (C=O) groups excluding carboxylic acids is 1. The molecule has 0 radical (unpaired) electrons. The number of amides is 1. The van der Waals surface area contributed by atoms with Gasteiger partial charge in [-0.2, -0.15) is 28.4 Å². The average molecular weight is 353 g/mol. The largest absolute Gasteiger partial charge is 0.438 e. The molecule has 1 aliphatic rings. The number of hydrazone groups is 1. The van der Waals surface area contributed by atoms with Crippen molar-refractivity contribution < 1.29 is 23.1 Å². The van der Waals surface area contributed by atoms with Crippen LogP contribution in [0.4, 0.5) is 13.2 Å². The number of halogens is 4. The first-order valence-electron chi connectivity index (χ1n) is 6.84. The lowest BCUT2D eigenvalue weighted by atomic mass is 10.1. The maximum atomic E-state index is 13.0. The molecule has 0 saturated carbocycles. The lowest BCUT2D eigenvalue weighted by Crippen LogP contribution is -2.57. The summed E-state index contributed by atoms with van der Waals surface area (Å²) in [6.45, 7) is 4.85. The van der Waals surface area contributed by atoms with E-state index in [1.54, 1.807) is 13.8 Å². The van der Waals surface area contributed by atoms with E-state index in [0.29, 0.717) is 16.4 Å². The predicted octanol–water partition coefficient (Wildman–Crippen LogP) is 2.26. The summed E-state index contributed by atoms with van der Waals surface area (Å²) in [6.07, 6.45) is -4.92. The van der Waals surface area contributed by atoms with Crippen molar-refractivity contribution >= 4 is 23.7 Å². The minimum Gasteiger partial charge on any atom is -0.362 e. The first-order chi connectivity index (χ1) is 10.5. The summed E-state index contributed by atoms with van der Waals surface area (Å²) >= 11 is 6.00. The van der Waals surface area contributed by atoms with Crippen molar-refractivity contribution in [3.63, 3.8) is 0 Å². The van der Waals surface area contributed by atoms with E-state index >= 15 is 0 Å².